The highest BCUT2D eigenvalue weighted by Gasteiger charge is 2.59. The molecule has 176 valence electrons. The molecule has 7 atom stereocenters. The Morgan fingerprint density at radius 3 is 2.39 bits per heavy atom. The second-order valence-electron chi connectivity index (χ2n) is 11.9. The van der Waals surface area contributed by atoms with Gasteiger partial charge in [0.05, 0.1) is 0 Å². The minimum Gasteiger partial charge on any atom is -0.481 e. The van der Waals surface area contributed by atoms with Crippen molar-refractivity contribution in [1.29, 1.82) is 0 Å². The van der Waals surface area contributed by atoms with E-state index in [9.17, 15) is 19.8 Å². The summed E-state index contributed by atoms with van der Waals surface area (Å²) in [6.07, 6.45) is 12.0. The minimum atomic E-state index is -0.859. The topological polar surface area (TPSA) is 74.6 Å². The molecule has 2 saturated carbocycles. The first-order valence-corrected chi connectivity index (χ1v) is 12.7. The van der Waals surface area contributed by atoms with Crippen LogP contribution in [-0.4, -0.2) is 22.2 Å². The van der Waals surface area contributed by atoms with E-state index in [-0.39, 0.29) is 12.3 Å². The number of carbonyl (C=O) groups is 2. The standard InChI is InChI=1S/C27H44O4/c1-17(2)7-6-8-18(3)20-11-12-21-19-9-10-23(25(30)31)27(5,16-14-24(28)29)22(19)13-15-26(20,21)4/h10,17-22H,6-9,11-16H2,1-5H3,(H,28,29)(H,30,31)/t18-,19+,20-,21-,22+,26+,27-/m0/s1. The van der Waals surface area contributed by atoms with E-state index < -0.39 is 17.4 Å². The lowest BCUT2D eigenvalue weighted by Crippen LogP contribution is -2.50. The van der Waals surface area contributed by atoms with E-state index in [1.807, 2.05) is 13.0 Å². The van der Waals surface area contributed by atoms with E-state index >= 15 is 0 Å². The summed E-state index contributed by atoms with van der Waals surface area (Å²) in [7, 11) is 0. The fourth-order valence-electron chi connectivity index (χ4n) is 8.14. The zero-order chi connectivity index (χ0) is 23.0. The quantitative estimate of drug-likeness (QED) is 0.420. The van der Waals surface area contributed by atoms with Crippen molar-refractivity contribution in [1.82, 2.24) is 0 Å². The largest absolute Gasteiger partial charge is 0.481 e. The van der Waals surface area contributed by atoms with Gasteiger partial charge in [-0.3, -0.25) is 4.79 Å². The van der Waals surface area contributed by atoms with Crippen LogP contribution in [-0.2, 0) is 9.59 Å². The fourth-order valence-corrected chi connectivity index (χ4v) is 8.14. The molecule has 3 aliphatic carbocycles. The highest BCUT2D eigenvalue weighted by atomic mass is 16.4. The van der Waals surface area contributed by atoms with Gasteiger partial charge in [-0.05, 0) is 79.4 Å². The molecule has 0 spiro atoms. The van der Waals surface area contributed by atoms with E-state index in [0.717, 1.165) is 37.0 Å². The smallest absolute Gasteiger partial charge is 0.331 e. The molecule has 0 amide bonds. The number of rotatable bonds is 9. The van der Waals surface area contributed by atoms with Crippen molar-refractivity contribution in [3.8, 4) is 0 Å². The predicted molar refractivity (Wildman–Crippen MR) is 124 cm³/mol. The third-order valence-corrected chi connectivity index (χ3v) is 9.75. The summed E-state index contributed by atoms with van der Waals surface area (Å²) >= 11 is 0. The second-order valence-corrected chi connectivity index (χ2v) is 11.9. The Balaban J connectivity index is 1.80. The summed E-state index contributed by atoms with van der Waals surface area (Å²) in [6, 6.07) is 0. The van der Waals surface area contributed by atoms with Crippen molar-refractivity contribution < 1.29 is 19.8 Å². The molecule has 0 unspecified atom stereocenters. The zero-order valence-electron chi connectivity index (χ0n) is 20.3. The summed E-state index contributed by atoms with van der Waals surface area (Å²) in [4.78, 5) is 23.4. The maximum absolute atomic E-state index is 12.1. The Morgan fingerprint density at radius 1 is 1.06 bits per heavy atom. The fraction of sp³-hybridized carbons (Fsp3) is 0.852. The van der Waals surface area contributed by atoms with Crippen LogP contribution in [0.25, 0.3) is 0 Å². The van der Waals surface area contributed by atoms with Crippen molar-refractivity contribution in [2.45, 2.75) is 98.8 Å². The lowest BCUT2D eigenvalue weighted by molar-refractivity contribution is -0.140. The molecule has 4 nitrogen and oxygen atoms in total. The van der Waals surface area contributed by atoms with Crippen LogP contribution in [0.1, 0.15) is 98.8 Å². The number of carboxylic acid groups (broad SMARTS) is 2. The third kappa shape index (κ3) is 4.59. The highest BCUT2D eigenvalue weighted by molar-refractivity contribution is 5.88. The van der Waals surface area contributed by atoms with Crippen LogP contribution in [0.4, 0.5) is 0 Å². The van der Waals surface area contributed by atoms with Crippen LogP contribution in [0.2, 0.25) is 0 Å². The number of carboxylic acids is 2. The molecule has 0 aromatic heterocycles. The normalized spacial score (nSPS) is 38.3. The van der Waals surface area contributed by atoms with Gasteiger partial charge in [0, 0.05) is 17.4 Å². The molecule has 2 N–H and O–H groups in total. The first-order valence-electron chi connectivity index (χ1n) is 12.7. The van der Waals surface area contributed by atoms with Crippen LogP contribution >= 0.6 is 0 Å². The van der Waals surface area contributed by atoms with Gasteiger partial charge < -0.3 is 10.2 Å². The Morgan fingerprint density at radius 2 is 1.77 bits per heavy atom. The van der Waals surface area contributed by atoms with Gasteiger partial charge in [-0.25, -0.2) is 4.79 Å². The average Bonchev–Trinajstić information content (AvgIpc) is 3.03. The second kappa shape index (κ2) is 9.27. The molecule has 0 aliphatic heterocycles. The van der Waals surface area contributed by atoms with Crippen molar-refractivity contribution in [2.24, 2.45) is 46.3 Å². The van der Waals surface area contributed by atoms with E-state index in [1.54, 1.807) is 0 Å². The molecule has 0 saturated heterocycles. The van der Waals surface area contributed by atoms with Crippen LogP contribution < -0.4 is 0 Å². The summed E-state index contributed by atoms with van der Waals surface area (Å²) < 4.78 is 0. The maximum atomic E-state index is 12.1. The number of aliphatic carboxylic acids is 2. The van der Waals surface area contributed by atoms with E-state index in [4.69, 9.17) is 0 Å². The summed E-state index contributed by atoms with van der Waals surface area (Å²) in [5.41, 5.74) is 0.283. The zero-order valence-corrected chi connectivity index (χ0v) is 20.3. The molecule has 0 aromatic rings. The van der Waals surface area contributed by atoms with Gasteiger partial charge in [0.2, 0.25) is 0 Å². The van der Waals surface area contributed by atoms with Gasteiger partial charge in [0.25, 0.3) is 0 Å². The SMILES string of the molecule is CC(C)CCC[C@H](C)[C@@H]1CC[C@H]2[C@H]3CC=C(C(=O)O)[C@@](C)(CCC(=O)O)[C@@H]3CC[C@@]21C. The predicted octanol–water partition coefficient (Wildman–Crippen LogP) is 6.79. The monoisotopic (exact) mass is 432 g/mol. The van der Waals surface area contributed by atoms with Crippen LogP contribution in [0.3, 0.4) is 0 Å². The van der Waals surface area contributed by atoms with Gasteiger partial charge in [-0.2, -0.15) is 0 Å². The first-order chi connectivity index (χ1) is 14.5. The van der Waals surface area contributed by atoms with Crippen molar-refractivity contribution in [3.05, 3.63) is 11.6 Å². The van der Waals surface area contributed by atoms with Crippen LogP contribution in [0.15, 0.2) is 11.6 Å². The van der Waals surface area contributed by atoms with Gasteiger partial charge >= 0.3 is 11.9 Å². The van der Waals surface area contributed by atoms with Crippen molar-refractivity contribution in [2.75, 3.05) is 0 Å². The molecule has 3 aliphatic rings. The van der Waals surface area contributed by atoms with Crippen molar-refractivity contribution in [3.63, 3.8) is 0 Å². The average molecular weight is 433 g/mol. The molecule has 4 heteroatoms. The number of allylic oxidation sites excluding steroid dienone is 1. The molecule has 0 aromatic carbocycles. The summed E-state index contributed by atoms with van der Waals surface area (Å²) in [5.74, 6) is 2.02. The van der Waals surface area contributed by atoms with E-state index in [2.05, 4.69) is 27.7 Å². The summed E-state index contributed by atoms with van der Waals surface area (Å²) in [6.45, 7) is 11.6. The number of hydrogen-bond acceptors (Lipinski definition) is 2. The Kier molecular flexibility index (Phi) is 7.28. The van der Waals surface area contributed by atoms with Gasteiger partial charge in [-0.15, -0.1) is 0 Å². The highest BCUT2D eigenvalue weighted by Crippen LogP contribution is 2.66. The Hall–Kier alpha value is -1.32. The molecule has 0 heterocycles. The molecule has 3 rings (SSSR count). The van der Waals surface area contributed by atoms with Crippen molar-refractivity contribution >= 4 is 11.9 Å². The first kappa shape index (κ1) is 24.3. The van der Waals surface area contributed by atoms with Gasteiger partial charge in [-0.1, -0.05) is 60.0 Å². The lowest BCUT2D eigenvalue weighted by atomic mass is 9.48. The third-order valence-electron chi connectivity index (χ3n) is 9.75. The molecule has 0 bridgehead atoms. The lowest BCUT2D eigenvalue weighted by Gasteiger charge is -2.56. The van der Waals surface area contributed by atoms with Gasteiger partial charge in [0.15, 0.2) is 0 Å². The molecule has 0 radical (unpaired) electrons. The Labute approximate surface area is 188 Å². The summed E-state index contributed by atoms with van der Waals surface area (Å²) in [5, 5.41) is 19.2. The number of hydrogen-bond donors (Lipinski definition) is 2. The molecular weight excluding hydrogens is 388 g/mol. The van der Waals surface area contributed by atoms with Gasteiger partial charge in [0.1, 0.15) is 0 Å². The van der Waals surface area contributed by atoms with E-state index in [0.29, 0.717) is 29.2 Å². The molecule has 31 heavy (non-hydrogen) atoms. The van der Waals surface area contributed by atoms with Crippen LogP contribution in [0.5, 0.6) is 0 Å². The molecule has 2 fully saturated rings. The Bertz CT molecular complexity index is 710. The van der Waals surface area contributed by atoms with Crippen LogP contribution in [0, 0.1) is 46.3 Å². The minimum absolute atomic E-state index is 0.0434. The molecular formula is C27H44O4. The number of fused-ring (bicyclic) bond motifs is 3. The van der Waals surface area contributed by atoms with E-state index in [1.165, 1.54) is 32.1 Å². The maximum Gasteiger partial charge on any atom is 0.331 e.